The number of carbonyl (C=O) groups is 2. The molecule has 0 unspecified atom stereocenters. The van der Waals surface area contributed by atoms with Gasteiger partial charge in [0, 0.05) is 27.2 Å². The van der Waals surface area contributed by atoms with Gasteiger partial charge in [-0.3, -0.25) is 14.2 Å². The van der Waals surface area contributed by atoms with Crippen molar-refractivity contribution in [2.24, 2.45) is 0 Å². The van der Waals surface area contributed by atoms with E-state index in [4.69, 9.17) is 9.47 Å². The molecule has 0 spiro atoms. The van der Waals surface area contributed by atoms with E-state index in [-0.39, 0.29) is 30.2 Å². The maximum Gasteiger partial charge on any atom is 0.310 e. The van der Waals surface area contributed by atoms with Crippen LogP contribution in [-0.4, -0.2) is 29.7 Å². The second-order valence-electron chi connectivity index (χ2n) is 7.79. The Labute approximate surface area is 188 Å². The molecular formula is C24H23BrFNO4. The van der Waals surface area contributed by atoms with Crippen LogP contribution < -0.4 is 4.74 Å². The minimum atomic E-state index is -0.572. The number of methoxy groups -OCH3 is 1. The normalized spacial score (nSPS) is 14.2. The second-order valence-corrected chi connectivity index (χ2v) is 8.70. The van der Waals surface area contributed by atoms with Crippen LogP contribution in [0, 0.1) is 12.7 Å². The lowest BCUT2D eigenvalue weighted by Crippen LogP contribution is -2.17. The maximum absolute atomic E-state index is 14.5. The lowest BCUT2D eigenvalue weighted by Gasteiger charge is -2.11. The quantitative estimate of drug-likeness (QED) is 0.441. The fraction of sp³-hybridized carbons (Fsp3) is 0.333. The number of hydrogen-bond donors (Lipinski definition) is 0. The number of benzene rings is 2. The lowest BCUT2D eigenvalue weighted by molar-refractivity contribution is -0.147. The van der Waals surface area contributed by atoms with Crippen LogP contribution in [0.2, 0.25) is 0 Å². The fourth-order valence-corrected chi connectivity index (χ4v) is 4.49. The number of esters is 1. The summed E-state index contributed by atoms with van der Waals surface area (Å²) in [6.07, 6.45) is 3.86. The summed E-state index contributed by atoms with van der Waals surface area (Å²) in [5.74, 6) is -1.15. The van der Waals surface area contributed by atoms with Gasteiger partial charge in [0.2, 0.25) is 0 Å². The molecule has 1 aliphatic rings. The van der Waals surface area contributed by atoms with E-state index in [9.17, 15) is 14.0 Å². The Morgan fingerprint density at radius 2 is 1.84 bits per heavy atom. The van der Waals surface area contributed by atoms with Crippen molar-refractivity contribution in [1.82, 2.24) is 4.57 Å². The number of rotatable bonds is 5. The van der Waals surface area contributed by atoms with Gasteiger partial charge < -0.3 is 9.47 Å². The molecule has 0 aliphatic heterocycles. The Morgan fingerprint density at radius 1 is 1.16 bits per heavy atom. The third-order valence-corrected chi connectivity index (χ3v) is 6.35. The zero-order chi connectivity index (χ0) is 22.1. The van der Waals surface area contributed by atoms with Crippen LogP contribution in [-0.2, 0) is 16.0 Å². The first-order valence-corrected chi connectivity index (χ1v) is 11.1. The molecule has 162 valence electrons. The van der Waals surface area contributed by atoms with Crippen LogP contribution in [0.1, 0.15) is 47.3 Å². The molecule has 1 aliphatic carbocycles. The lowest BCUT2D eigenvalue weighted by atomic mass is 10.1. The van der Waals surface area contributed by atoms with Gasteiger partial charge in [0.1, 0.15) is 6.10 Å². The summed E-state index contributed by atoms with van der Waals surface area (Å²) in [6.45, 7) is 1.76. The van der Waals surface area contributed by atoms with Crippen LogP contribution in [0.15, 0.2) is 40.9 Å². The van der Waals surface area contributed by atoms with E-state index < -0.39 is 5.82 Å². The minimum Gasteiger partial charge on any atom is -0.494 e. The fourth-order valence-electron chi connectivity index (χ4n) is 4.22. The third-order valence-electron chi connectivity index (χ3n) is 5.82. The molecule has 0 amide bonds. The molecule has 3 aromatic rings. The molecule has 7 heteroatoms. The van der Waals surface area contributed by atoms with Gasteiger partial charge in [-0.25, -0.2) is 4.39 Å². The van der Waals surface area contributed by atoms with E-state index in [1.54, 1.807) is 37.3 Å². The Balaban J connectivity index is 1.79. The van der Waals surface area contributed by atoms with Gasteiger partial charge in [0.25, 0.3) is 5.91 Å². The number of nitrogens with zero attached hydrogens (tertiary/aromatic N) is 1. The summed E-state index contributed by atoms with van der Waals surface area (Å²) in [4.78, 5) is 26.0. The van der Waals surface area contributed by atoms with Crippen molar-refractivity contribution in [2.75, 3.05) is 7.11 Å². The number of fused-ring (bicyclic) bond motifs is 1. The summed E-state index contributed by atoms with van der Waals surface area (Å²) in [6, 6.07) is 9.78. The van der Waals surface area contributed by atoms with Gasteiger partial charge in [-0.05, 0) is 68.5 Å². The van der Waals surface area contributed by atoms with Crippen molar-refractivity contribution in [3.8, 4) is 5.75 Å². The van der Waals surface area contributed by atoms with Crippen LogP contribution in [0.3, 0.4) is 0 Å². The molecule has 1 aromatic heterocycles. The molecule has 31 heavy (non-hydrogen) atoms. The SMILES string of the molecule is COc1cc2c(CC(=O)OC3CCCC3)c(C)n(C(=O)c3ccc(Br)cc3)c2cc1F. The Hall–Kier alpha value is -2.67. The summed E-state index contributed by atoms with van der Waals surface area (Å²) >= 11 is 3.36. The average Bonchev–Trinajstić information content (AvgIpc) is 3.34. The average molecular weight is 488 g/mol. The van der Waals surface area contributed by atoms with Gasteiger partial charge in [-0.1, -0.05) is 15.9 Å². The topological polar surface area (TPSA) is 57.5 Å². The molecule has 4 rings (SSSR count). The van der Waals surface area contributed by atoms with Gasteiger partial charge in [-0.2, -0.15) is 0 Å². The Morgan fingerprint density at radius 3 is 2.48 bits per heavy atom. The third kappa shape index (κ3) is 4.24. The summed E-state index contributed by atoms with van der Waals surface area (Å²) in [7, 11) is 1.38. The smallest absolute Gasteiger partial charge is 0.310 e. The largest absolute Gasteiger partial charge is 0.494 e. The highest BCUT2D eigenvalue weighted by atomic mass is 79.9. The van der Waals surface area contributed by atoms with Crippen molar-refractivity contribution in [3.05, 3.63) is 63.5 Å². The molecular weight excluding hydrogens is 465 g/mol. The number of halogens is 2. The first kappa shape index (κ1) is 21.6. The molecule has 1 heterocycles. The molecule has 0 saturated heterocycles. The van der Waals surface area contributed by atoms with Crippen molar-refractivity contribution in [3.63, 3.8) is 0 Å². The van der Waals surface area contributed by atoms with E-state index in [0.717, 1.165) is 30.2 Å². The maximum atomic E-state index is 14.5. The number of carbonyl (C=O) groups excluding carboxylic acids is 2. The first-order valence-electron chi connectivity index (χ1n) is 10.3. The number of hydrogen-bond acceptors (Lipinski definition) is 4. The molecule has 1 saturated carbocycles. The van der Waals surface area contributed by atoms with E-state index in [2.05, 4.69) is 15.9 Å². The predicted octanol–water partition coefficient (Wildman–Crippen LogP) is 5.58. The van der Waals surface area contributed by atoms with Crippen molar-refractivity contribution >= 4 is 38.7 Å². The Kier molecular flexibility index (Phi) is 6.14. The molecule has 0 atom stereocenters. The summed E-state index contributed by atoms with van der Waals surface area (Å²) in [5.41, 5.74) is 2.08. The van der Waals surface area contributed by atoms with E-state index in [1.165, 1.54) is 17.7 Å². The number of aromatic nitrogens is 1. The van der Waals surface area contributed by atoms with Crippen molar-refractivity contribution in [2.45, 2.75) is 45.1 Å². The summed E-state index contributed by atoms with van der Waals surface area (Å²) < 4.78 is 27.6. The predicted molar refractivity (Wildman–Crippen MR) is 119 cm³/mol. The molecule has 2 aromatic carbocycles. The highest BCUT2D eigenvalue weighted by Crippen LogP contribution is 2.33. The highest BCUT2D eigenvalue weighted by Gasteiger charge is 2.25. The zero-order valence-corrected chi connectivity index (χ0v) is 19.0. The standard InChI is InChI=1S/C24H23BrFNO4/c1-14-18(12-23(28)31-17-5-3-4-6-17)19-11-22(30-2)20(26)13-21(19)27(14)24(29)15-7-9-16(25)10-8-15/h7-11,13,17H,3-6,12H2,1-2H3. The highest BCUT2D eigenvalue weighted by molar-refractivity contribution is 9.10. The zero-order valence-electron chi connectivity index (χ0n) is 17.4. The molecule has 0 bridgehead atoms. The molecule has 5 nitrogen and oxygen atoms in total. The molecule has 0 N–H and O–H groups in total. The Bertz CT molecular complexity index is 1150. The monoisotopic (exact) mass is 487 g/mol. The first-order chi connectivity index (χ1) is 14.9. The van der Waals surface area contributed by atoms with Crippen molar-refractivity contribution in [1.29, 1.82) is 0 Å². The van der Waals surface area contributed by atoms with Crippen LogP contribution in [0.4, 0.5) is 4.39 Å². The van der Waals surface area contributed by atoms with E-state index in [0.29, 0.717) is 27.7 Å². The van der Waals surface area contributed by atoms with Gasteiger partial charge >= 0.3 is 5.97 Å². The minimum absolute atomic E-state index is 0.00817. The molecule has 1 fully saturated rings. The second kappa shape index (κ2) is 8.83. The number of ether oxygens (including phenoxy) is 2. The van der Waals surface area contributed by atoms with Crippen LogP contribution in [0.5, 0.6) is 5.75 Å². The van der Waals surface area contributed by atoms with Crippen molar-refractivity contribution < 1.29 is 23.5 Å². The summed E-state index contributed by atoms with van der Waals surface area (Å²) in [5, 5.41) is 0.601. The van der Waals surface area contributed by atoms with Crippen LogP contribution in [0.25, 0.3) is 10.9 Å². The van der Waals surface area contributed by atoms with Gasteiger partial charge in [0.15, 0.2) is 11.6 Å². The van der Waals surface area contributed by atoms with Gasteiger partial charge in [0.05, 0.1) is 19.0 Å². The van der Waals surface area contributed by atoms with Crippen LogP contribution >= 0.6 is 15.9 Å². The van der Waals surface area contributed by atoms with E-state index in [1.807, 2.05) is 0 Å². The molecule has 0 radical (unpaired) electrons. The van der Waals surface area contributed by atoms with Gasteiger partial charge in [-0.15, -0.1) is 0 Å². The van der Waals surface area contributed by atoms with E-state index >= 15 is 0 Å².